The Morgan fingerprint density at radius 1 is 1.31 bits per heavy atom. The standard InChI is InChI=1S/C13H13NO2/c1-9-6-7-12(16-9)13(15)10(2)11-5-3-4-8-14-11/h3-8,10H,1-2H3. The van der Waals surface area contributed by atoms with Crippen LogP contribution in [0.4, 0.5) is 0 Å². The predicted molar refractivity (Wildman–Crippen MR) is 60.4 cm³/mol. The largest absolute Gasteiger partial charge is 0.458 e. The second kappa shape index (κ2) is 4.31. The molecule has 2 aromatic rings. The van der Waals surface area contributed by atoms with Gasteiger partial charge in [-0.1, -0.05) is 6.07 Å². The SMILES string of the molecule is Cc1ccc(C(=O)C(C)c2ccccn2)o1. The topological polar surface area (TPSA) is 43.1 Å². The van der Waals surface area contributed by atoms with Crippen LogP contribution in [0.1, 0.15) is 34.9 Å². The summed E-state index contributed by atoms with van der Waals surface area (Å²) in [7, 11) is 0. The molecule has 0 aliphatic carbocycles. The molecule has 1 unspecified atom stereocenters. The lowest BCUT2D eigenvalue weighted by atomic mass is 10.0. The number of carbonyl (C=O) groups excluding carboxylic acids is 1. The fourth-order valence-electron chi connectivity index (χ4n) is 1.55. The molecule has 0 fully saturated rings. The van der Waals surface area contributed by atoms with E-state index in [0.717, 1.165) is 11.5 Å². The molecule has 2 heterocycles. The van der Waals surface area contributed by atoms with Crippen LogP contribution < -0.4 is 0 Å². The van der Waals surface area contributed by atoms with Gasteiger partial charge in [-0.05, 0) is 38.1 Å². The molecule has 0 aliphatic heterocycles. The Bertz CT molecular complexity index is 488. The first-order valence-electron chi connectivity index (χ1n) is 5.20. The molecular weight excluding hydrogens is 202 g/mol. The van der Waals surface area contributed by atoms with Gasteiger partial charge in [0.05, 0.1) is 11.6 Å². The number of Topliss-reactive ketones (excluding diaryl/α,β-unsaturated/α-hetero) is 1. The average molecular weight is 215 g/mol. The molecule has 3 heteroatoms. The van der Waals surface area contributed by atoms with Crippen molar-refractivity contribution < 1.29 is 9.21 Å². The van der Waals surface area contributed by atoms with E-state index in [2.05, 4.69) is 4.98 Å². The molecule has 82 valence electrons. The summed E-state index contributed by atoms with van der Waals surface area (Å²) >= 11 is 0. The maximum atomic E-state index is 12.0. The molecule has 0 aliphatic rings. The van der Waals surface area contributed by atoms with Crippen LogP contribution in [0.25, 0.3) is 0 Å². The Hall–Kier alpha value is -1.90. The summed E-state index contributed by atoms with van der Waals surface area (Å²) in [5, 5.41) is 0. The molecule has 1 atom stereocenters. The Labute approximate surface area is 94.1 Å². The fourth-order valence-corrected chi connectivity index (χ4v) is 1.55. The van der Waals surface area contributed by atoms with Crippen molar-refractivity contribution in [2.75, 3.05) is 0 Å². The molecule has 0 radical (unpaired) electrons. The van der Waals surface area contributed by atoms with Crippen LogP contribution in [0, 0.1) is 6.92 Å². The molecule has 2 rings (SSSR count). The molecule has 16 heavy (non-hydrogen) atoms. The summed E-state index contributed by atoms with van der Waals surface area (Å²) in [5.41, 5.74) is 0.765. The summed E-state index contributed by atoms with van der Waals surface area (Å²) < 4.78 is 5.31. The number of nitrogens with zero attached hydrogens (tertiary/aromatic N) is 1. The van der Waals surface area contributed by atoms with Crippen LogP contribution >= 0.6 is 0 Å². The molecule has 0 saturated heterocycles. The van der Waals surface area contributed by atoms with E-state index >= 15 is 0 Å². The van der Waals surface area contributed by atoms with Crippen LogP contribution in [0.3, 0.4) is 0 Å². The van der Waals surface area contributed by atoms with Crippen LogP contribution in [-0.4, -0.2) is 10.8 Å². The van der Waals surface area contributed by atoms with E-state index in [4.69, 9.17) is 4.42 Å². The Balaban J connectivity index is 2.23. The average Bonchev–Trinajstić information content (AvgIpc) is 2.75. The highest BCUT2D eigenvalue weighted by Crippen LogP contribution is 2.19. The van der Waals surface area contributed by atoms with Crippen molar-refractivity contribution in [2.45, 2.75) is 19.8 Å². The van der Waals surface area contributed by atoms with Gasteiger partial charge in [0.1, 0.15) is 5.76 Å². The van der Waals surface area contributed by atoms with Crippen molar-refractivity contribution in [3.05, 3.63) is 53.7 Å². The summed E-state index contributed by atoms with van der Waals surface area (Å²) in [5.74, 6) is 0.839. The second-order valence-corrected chi connectivity index (χ2v) is 3.75. The van der Waals surface area contributed by atoms with Gasteiger partial charge in [0.15, 0.2) is 5.76 Å². The van der Waals surface area contributed by atoms with E-state index < -0.39 is 0 Å². The van der Waals surface area contributed by atoms with Crippen LogP contribution in [0.5, 0.6) is 0 Å². The summed E-state index contributed by atoms with van der Waals surface area (Å²) in [4.78, 5) is 16.2. The van der Waals surface area contributed by atoms with Gasteiger partial charge in [0, 0.05) is 6.20 Å². The molecule has 2 aromatic heterocycles. The summed E-state index contributed by atoms with van der Waals surface area (Å²) in [6.45, 7) is 3.66. The summed E-state index contributed by atoms with van der Waals surface area (Å²) in [6, 6.07) is 9.05. The first kappa shape index (κ1) is 10.6. The lowest BCUT2D eigenvalue weighted by Gasteiger charge is -2.07. The summed E-state index contributed by atoms with van der Waals surface area (Å²) in [6.07, 6.45) is 1.69. The number of hydrogen-bond donors (Lipinski definition) is 0. The third kappa shape index (κ3) is 2.03. The zero-order valence-electron chi connectivity index (χ0n) is 9.31. The molecule has 0 amide bonds. The maximum absolute atomic E-state index is 12.0. The monoisotopic (exact) mass is 215 g/mol. The molecule has 0 bridgehead atoms. The highest BCUT2D eigenvalue weighted by Gasteiger charge is 2.20. The highest BCUT2D eigenvalue weighted by molar-refractivity contribution is 5.98. The van der Waals surface area contributed by atoms with Gasteiger partial charge >= 0.3 is 0 Å². The van der Waals surface area contributed by atoms with Crippen molar-refractivity contribution in [3.8, 4) is 0 Å². The highest BCUT2D eigenvalue weighted by atomic mass is 16.3. The van der Waals surface area contributed by atoms with Gasteiger partial charge in [-0.2, -0.15) is 0 Å². The lowest BCUT2D eigenvalue weighted by molar-refractivity contribution is 0.0936. The van der Waals surface area contributed by atoms with E-state index in [1.165, 1.54) is 0 Å². The maximum Gasteiger partial charge on any atom is 0.206 e. The third-order valence-electron chi connectivity index (χ3n) is 2.51. The van der Waals surface area contributed by atoms with E-state index in [9.17, 15) is 4.79 Å². The lowest BCUT2D eigenvalue weighted by Crippen LogP contribution is -2.09. The molecule has 0 saturated carbocycles. The van der Waals surface area contributed by atoms with Crippen molar-refractivity contribution in [3.63, 3.8) is 0 Å². The predicted octanol–water partition coefficient (Wildman–Crippen LogP) is 2.97. The number of rotatable bonds is 3. The minimum atomic E-state index is -0.272. The number of aromatic nitrogens is 1. The number of carbonyl (C=O) groups is 1. The Morgan fingerprint density at radius 2 is 2.12 bits per heavy atom. The first-order valence-corrected chi connectivity index (χ1v) is 5.20. The molecule has 0 N–H and O–H groups in total. The smallest absolute Gasteiger partial charge is 0.206 e. The van der Waals surface area contributed by atoms with Crippen molar-refractivity contribution >= 4 is 5.78 Å². The van der Waals surface area contributed by atoms with Crippen molar-refractivity contribution in [1.29, 1.82) is 0 Å². The molecular formula is C13H13NO2. The Kier molecular flexibility index (Phi) is 2.86. The zero-order chi connectivity index (χ0) is 11.5. The van der Waals surface area contributed by atoms with Gasteiger partial charge in [-0.25, -0.2) is 0 Å². The van der Waals surface area contributed by atoms with Crippen LogP contribution in [0.15, 0.2) is 40.9 Å². The van der Waals surface area contributed by atoms with E-state index in [0.29, 0.717) is 5.76 Å². The number of pyridine rings is 1. The molecule has 0 aromatic carbocycles. The van der Waals surface area contributed by atoms with Crippen molar-refractivity contribution in [2.24, 2.45) is 0 Å². The van der Waals surface area contributed by atoms with Crippen LogP contribution in [0.2, 0.25) is 0 Å². The second-order valence-electron chi connectivity index (χ2n) is 3.75. The quantitative estimate of drug-likeness (QED) is 0.739. The van der Waals surface area contributed by atoms with Gasteiger partial charge < -0.3 is 4.42 Å². The van der Waals surface area contributed by atoms with Gasteiger partial charge in [-0.15, -0.1) is 0 Å². The Morgan fingerprint density at radius 3 is 2.69 bits per heavy atom. The number of ketones is 1. The normalized spacial score (nSPS) is 12.4. The fraction of sp³-hybridized carbons (Fsp3) is 0.231. The van der Waals surface area contributed by atoms with E-state index in [1.54, 1.807) is 18.3 Å². The van der Waals surface area contributed by atoms with E-state index in [1.807, 2.05) is 32.0 Å². The van der Waals surface area contributed by atoms with E-state index in [-0.39, 0.29) is 11.7 Å². The first-order chi connectivity index (χ1) is 7.68. The van der Waals surface area contributed by atoms with Gasteiger partial charge in [0.25, 0.3) is 0 Å². The molecule has 3 nitrogen and oxygen atoms in total. The van der Waals surface area contributed by atoms with Crippen molar-refractivity contribution in [1.82, 2.24) is 4.98 Å². The van der Waals surface area contributed by atoms with Crippen LogP contribution in [-0.2, 0) is 0 Å². The van der Waals surface area contributed by atoms with Gasteiger partial charge in [0.2, 0.25) is 5.78 Å². The van der Waals surface area contributed by atoms with Gasteiger partial charge in [-0.3, -0.25) is 9.78 Å². The minimum absolute atomic E-state index is 0.0354. The molecule has 0 spiro atoms. The number of aryl methyl sites for hydroxylation is 1. The number of furan rings is 1. The zero-order valence-corrected chi connectivity index (χ0v) is 9.31. The third-order valence-corrected chi connectivity index (χ3v) is 2.51. The minimum Gasteiger partial charge on any atom is -0.458 e. The number of hydrogen-bond acceptors (Lipinski definition) is 3.